The summed E-state index contributed by atoms with van der Waals surface area (Å²) in [6, 6.07) is 23.5. The van der Waals surface area contributed by atoms with E-state index >= 15 is 0 Å². The Labute approximate surface area is 178 Å². The molecule has 0 atom stereocenters. The standard InChI is InChI=1S/C25H29N5/c1-2-26-25(29-18-23-8-5-6-15-27-23)28-17-20-10-12-21(13-11-20)19-30-16-14-22-7-3-4-9-24(22)30/h3-13,15H,2,14,16-19H2,1H3,(H2,26,28,29). The van der Waals surface area contributed by atoms with Crippen LogP contribution >= 0.6 is 0 Å². The van der Waals surface area contributed by atoms with Crippen LogP contribution in [-0.4, -0.2) is 24.0 Å². The number of fused-ring (bicyclic) bond motifs is 1. The first-order valence-corrected chi connectivity index (χ1v) is 10.6. The number of para-hydroxylation sites is 1. The molecule has 154 valence electrons. The van der Waals surface area contributed by atoms with Crippen molar-refractivity contribution in [3.05, 3.63) is 95.3 Å². The van der Waals surface area contributed by atoms with Crippen LogP contribution in [0, 0.1) is 0 Å². The van der Waals surface area contributed by atoms with Crippen molar-refractivity contribution < 1.29 is 0 Å². The first kappa shape index (κ1) is 20.0. The molecule has 4 rings (SSSR count). The maximum absolute atomic E-state index is 4.72. The zero-order valence-electron chi connectivity index (χ0n) is 17.5. The van der Waals surface area contributed by atoms with E-state index in [2.05, 4.69) is 76.0 Å². The van der Waals surface area contributed by atoms with Gasteiger partial charge in [-0.25, -0.2) is 4.99 Å². The molecular weight excluding hydrogens is 370 g/mol. The Bertz CT molecular complexity index is 966. The summed E-state index contributed by atoms with van der Waals surface area (Å²) in [5.41, 5.74) is 6.37. The van der Waals surface area contributed by atoms with Crippen molar-refractivity contribution in [2.24, 2.45) is 4.99 Å². The lowest BCUT2D eigenvalue weighted by Crippen LogP contribution is -2.37. The maximum atomic E-state index is 4.72. The van der Waals surface area contributed by atoms with Crippen molar-refractivity contribution in [3.8, 4) is 0 Å². The molecule has 2 heterocycles. The van der Waals surface area contributed by atoms with Crippen LogP contribution in [0.15, 0.2) is 77.9 Å². The molecule has 1 aliphatic rings. The molecule has 30 heavy (non-hydrogen) atoms. The summed E-state index contributed by atoms with van der Waals surface area (Å²) in [4.78, 5) is 11.5. The highest BCUT2D eigenvalue weighted by Gasteiger charge is 2.17. The van der Waals surface area contributed by atoms with E-state index in [0.717, 1.165) is 37.7 Å². The number of hydrogen-bond acceptors (Lipinski definition) is 3. The van der Waals surface area contributed by atoms with Crippen molar-refractivity contribution in [3.63, 3.8) is 0 Å². The van der Waals surface area contributed by atoms with Gasteiger partial charge >= 0.3 is 0 Å². The summed E-state index contributed by atoms with van der Waals surface area (Å²) in [6.45, 7) is 6.25. The van der Waals surface area contributed by atoms with Crippen LogP contribution < -0.4 is 15.5 Å². The van der Waals surface area contributed by atoms with Crippen LogP contribution in [0.4, 0.5) is 5.69 Å². The first-order valence-electron chi connectivity index (χ1n) is 10.6. The molecule has 5 nitrogen and oxygen atoms in total. The molecule has 3 aromatic rings. The number of hydrogen-bond donors (Lipinski definition) is 2. The fraction of sp³-hybridized carbons (Fsp3) is 0.280. The molecule has 1 aromatic heterocycles. The summed E-state index contributed by atoms with van der Waals surface area (Å²) in [5, 5.41) is 6.64. The van der Waals surface area contributed by atoms with Crippen molar-refractivity contribution in [2.45, 2.75) is 33.0 Å². The van der Waals surface area contributed by atoms with Gasteiger partial charge in [0.25, 0.3) is 0 Å². The topological polar surface area (TPSA) is 52.6 Å². The van der Waals surface area contributed by atoms with Crippen LogP contribution in [0.5, 0.6) is 0 Å². The van der Waals surface area contributed by atoms with Gasteiger partial charge in [-0.15, -0.1) is 0 Å². The van der Waals surface area contributed by atoms with Gasteiger partial charge in [-0.2, -0.15) is 0 Å². The van der Waals surface area contributed by atoms with Gasteiger partial charge in [0, 0.05) is 31.5 Å². The van der Waals surface area contributed by atoms with Crippen LogP contribution in [0.2, 0.25) is 0 Å². The summed E-state index contributed by atoms with van der Waals surface area (Å²) >= 11 is 0. The normalized spacial score (nSPS) is 13.2. The fourth-order valence-corrected chi connectivity index (χ4v) is 3.73. The molecule has 0 saturated carbocycles. The molecule has 0 unspecified atom stereocenters. The number of pyridine rings is 1. The lowest BCUT2D eigenvalue weighted by Gasteiger charge is -2.19. The molecule has 0 fully saturated rings. The lowest BCUT2D eigenvalue weighted by atomic mass is 10.1. The first-order chi connectivity index (χ1) is 14.8. The summed E-state index contributed by atoms with van der Waals surface area (Å²) < 4.78 is 0. The third-order valence-corrected chi connectivity index (χ3v) is 5.31. The van der Waals surface area contributed by atoms with Gasteiger partial charge in [-0.3, -0.25) is 4.98 Å². The van der Waals surface area contributed by atoms with Gasteiger partial charge in [0.05, 0.1) is 18.8 Å². The fourth-order valence-electron chi connectivity index (χ4n) is 3.73. The van der Waals surface area contributed by atoms with Gasteiger partial charge in [0.2, 0.25) is 0 Å². The van der Waals surface area contributed by atoms with E-state index in [9.17, 15) is 0 Å². The Morgan fingerprint density at radius 1 is 0.967 bits per heavy atom. The summed E-state index contributed by atoms with van der Waals surface area (Å²) in [6.07, 6.45) is 2.95. The third-order valence-electron chi connectivity index (χ3n) is 5.31. The Hall–Kier alpha value is -3.34. The second-order valence-electron chi connectivity index (χ2n) is 7.49. The van der Waals surface area contributed by atoms with Crippen molar-refractivity contribution in [2.75, 3.05) is 18.0 Å². The van der Waals surface area contributed by atoms with E-state index < -0.39 is 0 Å². The number of nitrogens with zero attached hydrogens (tertiary/aromatic N) is 3. The lowest BCUT2D eigenvalue weighted by molar-refractivity contribution is 0.799. The Kier molecular flexibility index (Phi) is 6.60. The van der Waals surface area contributed by atoms with Gasteiger partial charge in [-0.05, 0) is 48.2 Å². The average molecular weight is 400 g/mol. The predicted molar refractivity (Wildman–Crippen MR) is 124 cm³/mol. The average Bonchev–Trinajstić information content (AvgIpc) is 3.20. The highest BCUT2D eigenvalue weighted by Crippen LogP contribution is 2.28. The number of nitrogens with one attached hydrogen (secondary N) is 2. The number of anilines is 1. The van der Waals surface area contributed by atoms with Gasteiger partial charge < -0.3 is 15.5 Å². The Balaban J connectivity index is 1.34. The molecule has 0 spiro atoms. The van der Waals surface area contributed by atoms with E-state index in [1.165, 1.54) is 22.4 Å². The summed E-state index contributed by atoms with van der Waals surface area (Å²) in [5.74, 6) is 0.806. The second-order valence-corrected chi connectivity index (χ2v) is 7.49. The van der Waals surface area contributed by atoms with Crippen LogP contribution in [0.25, 0.3) is 0 Å². The minimum atomic E-state index is 0.643. The van der Waals surface area contributed by atoms with E-state index in [4.69, 9.17) is 4.99 Å². The number of aromatic nitrogens is 1. The van der Waals surface area contributed by atoms with Gasteiger partial charge in [-0.1, -0.05) is 48.5 Å². The van der Waals surface area contributed by atoms with E-state index in [0.29, 0.717) is 13.1 Å². The summed E-state index contributed by atoms with van der Waals surface area (Å²) in [7, 11) is 0. The molecule has 0 saturated heterocycles. The smallest absolute Gasteiger partial charge is 0.191 e. The predicted octanol–water partition coefficient (Wildman–Crippen LogP) is 3.90. The van der Waals surface area contributed by atoms with E-state index in [-0.39, 0.29) is 0 Å². The van der Waals surface area contributed by atoms with Crippen molar-refractivity contribution >= 4 is 11.6 Å². The SMILES string of the molecule is CCNC(=NCc1ccc(CN2CCc3ccccc32)cc1)NCc1ccccn1. The molecule has 1 aliphatic heterocycles. The highest BCUT2D eigenvalue weighted by molar-refractivity contribution is 5.79. The largest absolute Gasteiger partial charge is 0.367 e. The number of benzene rings is 2. The van der Waals surface area contributed by atoms with Crippen LogP contribution in [0.3, 0.4) is 0 Å². The number of rotatable bonds is 7. The molecule has 5 heteroatoms. The molecule has 2 aromatic carbocycles. The van der Waals surface area contributed by atoms with Crippen molar-refractivity contribution in [1.82, 2.24) is 15.6 Å². The number of aliphatic imine (C=N–C) groups is 1. The Morgan fingerprint density at radius 2 is 1.77 bits per heavy atom. The molecular formula is C25H29N5. The minimum absolute atomic E-state index is 0.643. The van der Waals surface area contributed by atoms with E-state index in [1.807, 2.05) is 24.4 Å². The van der Waals surface area contributed by atoms with E-state index in [1.54, 1.807) is 0 Å². The molecule has 0 amide bonds. The molecule has 0 radical (unpaired) electrons. The van der Waals surface area contributed by atoms with Crippen LogP contribution in [0.1, 0.15) is 29.3 Å². The van der Waals surface area contributed by atoms with Crippen molar-refractivity contribution in [1.29, 1.82) is 0 Å². The van der Waals surface area contributed by atoms with Gasteiger partial charge in [0.1, 0.15) is 0 Å². The third kappa shape index (κ3) is 5.17. The minimum Gasteiger partial charge on any atom is -0.367 e. The van der Waals surface area contributed by atoms with Crippen LogP contribution in [-0.2, 0) is 26.1 Å². The highest BCUT2D eigenvalue weighted by atomic mass is 15.2. The Morgan fingerprint density at radius 3 is 2.57 bits per heavy atom. The quantitative estimate of drug-likeness (QED) is 0.467. The zero-order chi connectivity index (χ0) is 20.6. The number of guanidine groups is 1. The molecule has 2 N–H and O–H groups in total. The zero-order valence-corrected chi connectivity index (χ0v) is 17.5. The maximum Gasteiger partial charge on any atom is 0.191 e. The molecule has 0 bridgehead atoms. The van der Waals surface area contributed by atoms with Gasteiger partial charge in [0.15, 0.2) is 5.96 Å². The molecule has 0 aliphatic carbocycles. The second kappa shape index (κ2) is 9.92. The monoisotopic (exact) mass is 399 g/mol.